The number of hydrogen-bond donors (Lipinski definition) is 0. The summed E-state index contributed by atoms with van der Waals surface area (Å²) in [6, 6.07) is 9.16. The topological polar surface area (TPSA) is 94.0 Å². The number of aromatic nitrogens is 2. The fourth-order valence-electron chi connectivity index (χ4n) is 6.60. The zero-order chi connectivity index (χ0) is 32.0. The maximum Gasteiger partial charge on any atom is 0.410 e. The first-order valence-electron chi connectivity index (χ1n) is 15.5. The van der Waals surface area contributed by atoms with Gasteiger partial charge >= 0.3 is 12.1 Å². The van der Waals surface area contributed by atoms with Gasteiger partial charge < -0.3 is 23.8 Å². The molecule has 3 aliphatic heterocycles. The van der Waals surface area contributed by atoms with Crippen molar-refractivity contribution in [2.45, 2.75) is 83.8 Å². The Balaban J connectivity index is 1.21. The lowest BCUT2D eigenvalue weighted by atomic mass is 9.87. The molecule has 11 heteroatoms. The Kier molecular flexibility index (Phi) is 8.13. The molecule has 0 radical (unpaired) electrons. The van der Waals surface area contributed by atoms with Crippen molar-refractivity contribution in [2.75, 3.05) is 19.7 Å². The first-order valence-corrected chi connectivity index (χ1v) is 15.5. The van der Waals surface area contributed by atoms with Crippen LogP contribution in [0.3, 0.4) is 0 Å². The van der Waals surface area contributed by atoms with Crippen molar-refractivity contribution in [1.82, 2.24) is 19.4 Å². The predicted octanol–water partition coefficient (Wildman–Crippen LogP) is 5.96. The van der Waals surface area contributed by atoms with Gasteiger partial charge in [0.2, 0.25) is 0 Å². The molecule has 0 N–H and O–H groups in total. The second-order valence-corrected chi connectivity index (χ2v) is 12.9. The smallest absolute Gasteiger partial charge is 0.410 e. The number of halogens is 2. The van der Waals surface area contributed by atoms with Crippen LogP contribution in [0.15, 0.2) is 42.7 Å². The molecule has 0 spiro atoms. The maximum atomic E-state index is 15.6. The first-order chi connectivity index (χ1) is 21.4. The summed E-state index contributed by atoms with van der Waals surface area (Å²) in [5.74, 6) is -1.99. The van der Waals surface area contributed by atoms with Crippen molar-refractivity contribution in [3.8, 4) is 11.1 Å². The van der Waals surface area contributed by atoms with Crippen LogP contribution in [0.2, 0.25) is 0 Å². The molecule has 0 saturated carbocycles. The van der Waals surface area contributed by atoms with Crippen molar-refractivity contribution < 1.29 is 32.6 Å². The number of ether oxygens (including phenoxy) is 2. The molecule has 3 atom stereocenters. The van der Waals surface area contributed by atoms with E-state index in [1.807, 2.05) is 16.7 Å². The fraction of sp³-hybridized carbons (Fsp3) is 0.471. The third-order valence-corrected chi connectivity index (χ3v) is 8.75. The summed E-state index contributed by atoms with van der Waals surface area (Å²) in [4.78, 5) is 46.6. The molecule has 9 nitrogen and oxygen atoms in total. The number of alkyl halides is 1. The molecule has 1 fully saturated rings. The second kappa shape index (κ2) is 11.9. The molecule has 3 aliphatic rings. The molecule has 45 heavy (non-hydrogen) atoms. The summed E-state index contributed by atoms with van der Waals surface area (Å²) in [6.07, 6.45) is 1.99. The third kappa shape index (κ3) is 5.92. The molecule has 2 amide bonds. The minimum Gasteiger partial charge on any atom is -0.464 e. The van der Waals surface area contributed by atoms with E-state index in [2.05, 4.69) is 4.98 Å². The Labute approximate surface area is 261 Å². The van der Waals surface area contributed by atoms with Crippen LogP contribution in [0.1, 0.15) is 85.4 Å². The van der Waals surface area contributed by atoms with E-state index in [0.29, 0.717) is 29.8 Å². The van der Waals surface area contributed by atoms with E-state index in [9.17, 15) is 14.4 Å². The lowest BCUT2D eigenvalue weighted by molar-refractivity contribution is -0.149. The summed E-state index contributed by atoms with van der Waals surface area (Å²) in [5, 5.41) is 0. The largest absolute Gasteiger partial charge is 0.464 e. The Hall–Kier alpha value is -4.28. The number of nitrogens with zero attached hydrogens (tertiary/aromatic N) is 4. The number of aryl methyl sites for hydroxylation is 1. The SMILES string of the molecule is CCOC(=O)C(c1ncn2c1CCC2)N1Cc2c(F)cc(-c3ccc([C@H]4CCN(C(=O)OC(C)(C)C)C[C@@H]4F)cc3)cc2C1=O. The van der Waals surface area contributed by atoms with Gasteiger partial charge in [0.05, 0.1) is 31.7 Å². The molecule has 1 saturated heterocycles. The number of benzene rings is 2. The minimum atomic E-state index is -1.26. The van der Waals surface area contributed by atoms with Crippen molar-refractivity contribution in [1.29, 1.82) is 0 Å². The highest BCUT2D eigenvalue weighted by Crippen LogP contribution is 2.38. The van der Waals surface area contributed by atoms with Crippen molar-refractivity contribution in [2.24, 2.45) is 0 Å². The van der Waals surface area contributed by atoms with Gasteiger partial charge in [0, 0.05) is 35.8 Å². The number of carbonyl (C=O) groups excluding carboxylic acids is 3. The quantitative estimate of drug-likeness (QED) is 0.316. The van der Waals surface area contributed by atoms with Gasteiger partial charge in [-0.15, -0.1) is 0 Å². The van der Waals surface area contributed by atoms with Crippen molar-refractivity contribution in [3.05, 3.63) is 76.6 Å². The Morgan fingerprint density at radius 2 is 1.87 bits per heavy atom. The van der Waals surface area contributed by atoms with Gasteiger partial charge in [-0.2, -0.15) is 0 Å². The van der Waals surface area contributed by atoms with Gasteiger partial charge in [0.1, 0.15) is 17.6 Å². The molecule has 0 bridgehead atoms. The molecular formula is C34H38F2N4O5. The summed E-state index contributed by atoms with van der Waals surface area (Å²) in [6.45, 7) is 8.21. The van der Waals surface area contributed by atoms with E-state index >= 15 is 8.78 Å². The summed E-state index contributed by atoms with van der Waals surface area (Å²) in [5.41, 5.74) is 3.08. The van der Waals surface area contributed by atoms with E-state index in [4.69, 9.17) is 9.47 Å². The van der Waals surface area contributed by atoms with Crippen LogP contribution in [0.4, 0.5) is 13.6 Å². The molecule has 3 aromatic rings. The third-order valence-electron chi connectivity index (χ3n) is 8.75. The highest BCUT2D eigenvalue weighted by molar-refractivity contribution is 6.02. The average Bonchev–Trinajstić information content (AvgIpc) is 3.69. The predicted molar refractivity (Wildman–Crippen MR) is 162 cm³/mol. The summed E-state index contributed by atoms with van der Waals surface area (Å²) in [7, 11) is 0. The first kappa shape index (κ1) is 30.7. The molecule has 238 valence electrons. The van der Waals surface area contributed by atoms with E-state index in [-0.39, 0.29) is 30.8 Å². The number of carbonyl (C=O) groups is 3. The average molecular weight is 621 g/mol. The van der Waals surface area contributed by atoms with Crippen LogP contribution in [-0.4, -0.2) is 68.8 Å². The zero-order valence-corrected chi connectivity index (χ0v) is 26.0. The number of rotatable bonds is 6. The van der Waals surface area contributed by atoms with Gasteiger partial charge in [-0.1, -0.05) is 24.3 Å². The fourth-order valence-corrected chi connectivity index (χ4v) is 6.60. The zero-order valence-electron chi connectivity index (χ0n) is 26.0. The van der Waals surface area contributed by atoms with E-state index < -0.39 is 47.5 Å². The van der Waals surface area contributed by atoms with Crippen LogP contribution in [-0.2, 0) is 33.8 Å². The lowest BCUT2D eigenvalue weighted by Gasteiger charge is -2.35. The van der Waals surface area contributed by atoms with Crippen LogP contribution in [0.25, 0.3) is 11.1 Å². The highest BCUT2D eigenvalue weighted by atomic mass is 19.1. The van der Waals surface area contributed by atoms with Gasteiger partial charge in [0.25, 0.3) is 5.91 Å². The van der Waals surface area contributed by atoms with E-state index in [0.717, 1.165) is 30.6 Å². The number of piperidine rings is 1. The number of hydrogen-bond acceptors (Lipinski definition) is 6. The molecule has 2 aromatic carbocycles. The van der Waals surface area contributed by atoms with Gasteiger partial charge in [-0.3, -0.25) is 4.79 Å². The van der Waals surface area contributed by atoms with Gasteiger partial charge in [-0.25, -0.2) is 23.4 Å². The Morgan fingerprint density at radius 1 is 1.11 bits per heavy atom. The molecule has 0 aliphatic carbocycles. The Bertz CT molecular complexity index is 1630. The summed E-state index contributed by atoms with van der Waals surface area (Å²) >= 11 is 0. The lowest BCUT2D eigenvalue weighted by Crippen LogP contribution is -2.46. The van der Waals surface area contributed by atoms with E-state index in [1.165, 1.54) is 15.9 Å². The second-order valence-electron chi connectivity index (χ2n) is 12.9. The Morgan fingerprint density at radius 3 is 2.56 bits per heavy atom. The van der Waals surface area contributed by atoms with Crippen molar-refractivity contribution >= 4 is 18.0 Å². The molecule has 1 aromatic heterocycles. The number of fused-ring (bicyclic) bond motifs is 2. The monoisotopic (exact) mass is 620 g/mol. The van der Waals surface area contributed by atoms with Crippen LogP contribution in [0.5, 0.6) is 0 Å². The van der Waals surface area contributed by atoms with Crippen LogP contribution < -0.4 is 0 Å². The number of imidazole rings is 1. The molecule has 1 unspecified atom stereocenters. The van der Waals surface area contributed by atoms with Gasteiger partial charge in [0.15, 0.2) is 6.04 Å². The summed E-state index contributed by atoms with van der Waals surface area (Å²) < 4.78 is 43.5. The maximum absolute atomic E-state index is 15.6. The number of amides is 2. The molecule has 4 heterocycles. The number of esters is 1. The van der Waals surface area contributed by atoms with Crippen LogP contribution in [0, 0.1) is 5.82 Å². The minimum absolute atomic E-state index is 0.0511. The van der Waals surface area contributed by atoms with E-state index in [1.54, 1.807) is 52.2 Å². The van der Waals surface area contributed by atoms with Crippen LogP contribution >= 0.6 is 0 Å². The molecular weight excluding hydrogens is 582 g/mol. The van der Waals surface area contributed by atoms with Gasteiger partial charge in [-0.05, 0) is 75.8 Å². The number of likely N-dealkylation sites (tertiary alicyclic amines) is 1. The standard InChI is InChI=1S/C34H38F2N4O5/c1-5-44-32(42)30(29-28-7-6-13-39(28)19-37-29)40-17-25-24(31(40)41)15-22(16-26(25)35)20-8-10-21(11-9-20)23-12-14-38(18-27(23)36)33(43)45-34(2,3)4/h8-11,15-16,19,23,27,30H,5-7,12-14,17-18H2,1-4H3/t23-,27+,30?/m1/s1. The highest BCUT2D eigenvalue weighted by Gasteiger charge is 2.43. The van der Waals surface area contributed by atoms with Crippen molar-refractivity contribution in [3.63, 3.8) is 0 Å². The normalized spacial score (nSPS) is 20.2. The molecule has 6 rings (SSSR count).